The summed E-state index contributed by atoms with van der Waals surface area (Å²) >= 11 is 6.01. The summed E-state index contributed by atoms with van der Waals surface area (Å²) in [6.45, 7) is -0.0818. The minimum absolute atomic E-state index is 0.0818. The Morgan fingerprint density at radius 2 is 2.03 bits per heavy atom. The number of hydrogen-bond donors (Lipinski definition) is 2. The second-order valence-corrected chi connectivity index (χ2v) is 6.49. The van der Waals surface area contributed by atoms with Gasteiger partial charge in [0.1, 0.15) is 11.8 Å². The molecule has 0 aliphatic heterocycles. The second-order valence-electron chi connectivity index (χ2n) is 6.08. The van der Waals surface area contributed by atoms with Gasteiger partial charge in [-0.15, -0.1) is 0 Å². The molecule has 0 aliphatic carbocycles. The molecule has 2 aromatic carbocycles. The number of nitro benzene ring substituents is 1. The number of hydrogen-bond acceptors (Lipinski definition) is 7. The van der Waals surface area contributed by atoms with E-state index in [0.717, 1.165) is 24.1 Å². The lowest BCUT2D eigenvalue weighted by Gasteiger charge is -2.14. The molecule has 1 amide bonds. The van der Waals surface area contributed by atoms with Crippen LogP contribution < -0.4 is 4.74 Å². The smallest absolute Gasteiger partial charge is 0.315 e. The number of phenols is 1. The maximum Gasteiger partial charge on any atom is 0.315 e. The predicted molar refractivity (Wildman–Crippen MR) is 112 cm³/mol. The average molecular weight is 442 g/mol. The lowest BCUT2D eigenvalue weighted by Crippen LogP contribution is -2.28. The Hall–Kier alpha value is -4.21. The number of carbonyl (C=O) groups excluding carboxylic acids is 1. The molecular formula is C21H16ClN3O6. The molecule has 2 aromatic rings. The number of aliphatic hydroxyl groups excluding tert-OH is 1. The third-order valence-electron chi connectivity index (χ3n) is 4.07. The fourth-order valence-electron chi connectivity index (χ4n) is 2.45. The van der Waals surface area contributed by atoms with Gasteiger partial charge in [-0.05, 0) is 18.2 Å². The molecule has 158 valence electrons. The van der Waals surface area contributed by atoms with Gasteiger partial charge >= 0.3 is 5.69 Å². The van der Waals surface area contributed by atoms with Crippen LogP contribution in [0.5, 0.6) is 11.5 Å². The molecule has 0 heterocycles. The van der Waals surface area contributed by atoms with E-state index in [0.29, 0.717) is 10.6 Å². The number of nitro groups is 1. The van der Waals surface area contributed by atoms with Crippen LogP contribution in [0.3, 0.4) is 0 Å². The van der Waals surface area contributed by atoms with Gasteiger partial charge in [-0.3, -0.25) is 14.9 Å². The molecule has 2 rings (SSSR count). The van der Waals surface area contributed by atoms with E-state index in [1.165, 1.54) is 7.05 Å². The summed E-state index contributed by atoms with van der Waals surface area (Å²) in [7, 11) is 2.53. The molecule has 10 heteroatoms. The van der Waals surface area contributed by atoms with Crippen molar-refractivity contribution in [1.82, 2.24) is 4.90 Å². The number of aliphatic hydroxyl groups is 1. The van der Waals surface area contributed by atoms with Crippen LogP contribution >= 0.6 is 11.6 Å². The quantitative estimate of drug-likeness (QED) is 0.181. The minimum atomic E-state index is -0.890. The molecule has 0 saturated carbocycles. The van der Waals surface area contributed by atoms with Crippen molar-refractivity contribution >= 4 is 29.0 Å². The van der Waals surface area contributed by atoms with Crippen molar-refractivity contribution in [3.8, 4) is 29.4 Å². The van der Waals surface area contributed by atoms with Crippen molar-refractivity contribution in [3.63, 3.8) is 0 Å². The number of amides is 1. The van der Waals surface area contributed by atoms with E-state index < -0.39 is 33.6 Å². The fourth-order valence-corrected chi connectivity index (χ4v) is 2.63. The van der Waals surface area contributed by atoms with Crippen LogP contribution in [0.25, 0.3) is 5.76 Å². The number of methoxy groups -OCH3 is 1. The summed E-state index contributed by atoms with van der Waals surface area (Å²) in [6, 6.07) is 10.4. The van der Waals surface area contributed by atoms with E-state index >= 15 is 0 Å². The molecule has 0 spiro atoms. The van der Waals surface area contributed by atoms with Crippen LogP contribution in [0.1, 0.15) is 11.1 Å². The average Bonchev–Trinajstić information content (AvgIpc) is 2.75. The van der Waals surface area contributed by atoms with Crippen molar-refractivity contribution in [2.45, 2.75) is 0 Å². The maximum atomic E-state index is 12.6. The van der Waals surface area contributed by atoms with E-state index in [-0.39, 0.29) is 17.9 Å². The molecule has 9 nitrogen and oxygen atoms in total. The van der Waals surface area contributed by atoms with Gasteiger partial charge in [0.2, 0.25) is 5.75 Å². The summed E-state index contributed by atoms with van der Waals surface area (Å²) < 4.78 is 4.86. The van der Waals surface area contributed by atoms with Gasteiger partial charge in [0.25, 0.3) is 5.91 Å². The van der Waals surface area contributed by atoms with E-state index in [1.54, 1.807) is 30.3 Å². The van der Waals surface area contributed by atoms with Crippen LogP contribution in [0.4, 0.5) is 5.69 Å². The van der Waals surface area contributed by atoms with Gasteiger partial charge in [0, 0.05) is 24.2 Å². The first-order valence-corrected chi connectivity index (χ1v) is 8.97. The van der Waals surface area contributed by atoms with Crippen LogP contribution in [-0.4, -0.2) is 46.6 Å². The monoisotopic (exact) mass is 441 g/mol. The first kappa shape index (κ1) is 23.1. The van der Waals surface area contributed by atoms with Gasteiger partial charge < -0.3 is 19.8 Å². The molecule has 0 aliphatic rings. The molecular weight excluding hydrogens is 426 g/mol. The third kappa shape index (κ3) is 5.24. The molecule has 0 fully saturated rings. The lowest BCUT2D eigenvalue weighted by molar-refractivity contribution is -0.386. The number of likely N-dealkylation sites (N-methyl/N-ethyl adjacent to an activating group) is 1. The number of nitriles is 1. The van der Waals surface area contributed by atoms with Crippen molar-refractivity contribution in [3.05, 3.63) is 68.2 Å². The van der Waals surface area contributed by atoms with Crippen molar-refractivity contribution < 1.29 is 24.7 Å². The fraction of sp³-hybridized carbons (Fsp3) is 0.143. The number of rotatable bonds is 5. The molecule has 0 aromatic heterocycles. The number of phenolic OH excluding ortho intramolecular Hbond substituents is 1. The highest BCUT2D eigenvalue weighted by Crippen LogP contribution is 2.38. The lowest BCUT2D eigenvalue weighted by atomic mass is 10.1. The Morgan fingerprint density at radius 1 is 1.35 bits per heavy atom. The zero-order chi connectivity index (χ0) is 23.1. The number of aromatic hydroxyl groups is 1. The Kier molecular flexibility index (Phi) is 7.45. The van der Waals surface area contributed by atoms with Gasteiger partial charge in [-0.25, -0.2) is 0 Å². The Bertz CT molecular complexity index is 1170. The summed E-state index contributed by atoms with van der Waals surface area (Å²) in [5.41, 5.74) is -1.11. The highest BCUT2D eigenvalue weighted by molar-refractivity contribution is 6.31. The van der Waals surface area contributed by atoms with E-state index in [4.69, 9.17) is 16.3 Å². The zero-order valence-electron chi connectivity index (χ0n) is 16.4. The molecule has 0 atom stereocenters. The van der Waals surface area contributed by atoms with E-state index in [9.17, 15) is 30.4 Å². The highest BCUT2D eigenvalue weighted by Gasteiger charge is 2.25. The largest absolute Gasteiger partial charge is 0.506 e. The Balaban J connectivity index is 2.36. The zero-order valence-corrected chi connectivity index (χ0v) is 17.2. The topological polar surface area (TPSA) is 137 Å². The highest BCUT2D eigenvalue weighted by atomic mass is 35.5. The molecule has 2 N–H and O–H groups in total. The van der Waals surface area contributed by atoms with E-state index in [2.05, 4.69) is 11.8 Å². The normalized spacial score (nSPS) is 10.8. The second kappa shape index (κ2) is 10.0. The Labute approximate surface area is 182 Å². The SMILES string of the molecule is COc1cc(/C(O)=C(\C#N)C(=O)N(C)CC#Cc2ccccc2Cl)cc([N+](=O)[O-])c1O. The standard InChI is InChI=1S/C21H16ClN3O6/c1-24(9-5-7-13-6-3-4-8-16(13)22)21(28)15(12-23)19(26)14-10-17(25(29)30)20(27)18(11-14)31-2/h3-4,6,8,10-11,26-27H,9H2,1-2H3/b19-15-. The number of nitrogens with zero attached hydrogens (tertiary/aromatic N) is 3. The summed E-state index contributed by atoms with van der Waals surface area (Å²) in [5, 5.41) is 41.3. The first-order valence-electron chi connectivity index (χ1n) is 8.59. The first-order chi connectivity index (χ1) is 14.7. The van der Waals surface area contributed by atoms with Crippen molar-refractivity contribution in [2.24, 2.45) is 0 Å². The van der Waals surface area contributed by atoms with Gasteiger partial charge in [-0.2, -0.15) is 5.26 Å². The Morgan fingerprint density at radius 3 is 2.61 bits per heavy atom. The maximum absolute atomic E-state index is 12.6. The van der Waals surface area contributed by atoms with Crippen molar-refractivity contribution in [2.75, 3.05) is 20.7 Å². The van der Waals surface area contributed by atoms with Gasteiger partial charge in [0.15, 0.2) is 11.3 Å². The van der Waals surface area contributed by atoms with Crippen LogP contribution in [-0.2, 0) is 4.79 Å². The summed E-state index contributed by atoms with van der Waals surface area (Å²) in [5.74, 6) is 2.83. The molecule has 31 heavy (non-hydrogen) atoms. The van der Waals surface area contributed by atoms with Crippen LogP contribution in [0.15, 0.2) is 42.0 Å². The molecule has 0 unspecified atom stereocenters. The summed E-state index contributed by atoms with van der Waals surface area (Å²) in [4.78, 5) is 23.9. The van der Waals surface area contributed by atoms with Crippen molar-refractivity contribution in [1.29, 1.82) is 5.26 Å². The molecule has 0 radical (unpaired) electrons. The van der Waals surface area contributed by atoms with E-state index in [1.807, 2.05) is 0 Å². The van der Waals surface area contributed by atoms with Crippen LogP contribution in [0.2, 0.25) is 5.02 Å². The summed E-state index contributed by atoms with van der Waals surface area (Å²) in [6.07, 6.45) is 0. The minimum Gasteiger partial charge on any atom is -0.506 e. The number of ether oxygens (including phenoxy) is 1. The predicted octanol–water partition coefficient (Wildman–Crippen LogP) is 3.27. The van der Waals surface area contributed by atoms with Crippen LogP contribution in [0, 0.1) is 33.3 Å². The number of carbonyl (C=O) groups is 1. The third-order valence-corrected chi connectivity index (χ3v) is 4.40. The van der Waals surface area contributed by atoms with Gasteiger partial charge in [-0.1, -0.05) is 35.6 Å². The molecule has 0 bridgehead atoms. The van der Waals surface area contributed by atoms with Gasteiger partial charge in [0.05, 0.1) is 23.6 Å². The number of halogens is 1. The molecule has 0 saturated heterocycles. The number of benzene rings is 2.